The van der Waals surface area contributed by atoms with Crippen molar-refractivity contribution in [3.63, 3.8) is 0 Å². The highest BCUT2D eigenvalue weighted by molar-refractivity contribution is 5.76. The number of aliphatic hydroxyl groups is 5. The summed E-state index contributed by atoms with van der Waals surface area (Å²) >= 11 is 0. The van der Waals surface area contributed by atoms with Gasteiger partial charge in [-0.05, 0) is 57.8 Å². The molecule has 9 nitrogen and oxygen atoms in total. The molecule has 7 unspecified atom stereocenters. The van der Waals surface area contributed by atoms with Crippen LogP contribution in [0.3, 0.4) is 0 Å². The highest BCUT2D eigenvalue weighted by atomic mass is 16.7. The molecule has 0 bridgehead atoms. The summed E-state index contributed by atoms with van der Waals surface area (Å²) in [6, 6.07) is -0.821. The maximum Gasteiger partial charge on any atom is 0.220 e. The van der Waals surface area contributed by atoms with E-state index in [1.165, 1.54) is 128 Å². The molecule has 1 amide bonds. The first-order chi connectivity index (χ1) is 27.3. The second-order valence-electron chi connectivity index (χ2n) is 16.2. The molecule has 1 saturated heterocycles. The van der Waals surface area contributed by atoms with E-state index in [1.54, 1.807) is 6.08 Å². The molecule has 1 rings (SSSR count). The molecule has 1 aliphatic heterocycles. The quantitative estimate of drug-likeness (QED) is 0.0268. The van der Waals surface area contributed by atoms with E-state index in [1.807, 2.05) is 6.08 Å². The maximum atomic E-state index is 12.9. The summed E-state index contributed by atoms with van der Waals surface area (Å²) in [5.74, 6) is -0.193. The largest absolute Gasteiger partial charge is 0.394 e. The van der Waals surface area contributed by atoms with Crippen LogP contribution in [0, 0.1) is 0 Å². The fourth-order valence-corrected chi connectivity index (χ4v) is 7.17. The van der Waals surface area contributed by atoms with Gasteiger partial charge in [-0.15, -0.1) is 0 Å². The van der Waals surface area contributed by atoms with Gasteiger partial charge in [0.2, 0.25) is 5.91 Å². The molecule has 9 heteroatoms. The Bertz CT molecular complexity index is 972. The van der Waals surface area contributed by atoms with Crippen LogP contribution in [0.5, 0.6) is 0 Å². The summed E-state index contributed by atoms with van der Waals surface area (Å²) < 4.78 is 11.2. The number of hydrogen-bond donors (Lipinski definition) is 6. The number of allylic oxidation sites excluding steroid dienone is 5. The first kappa shape index (κ1) is 52.4. The summed E-state index contributed by atoms with van der Waals surface area (Å²) in [6.07, 6.45) is 39.1. The standard InChI is InChI=1S/C47H87NO8/c1-3-5-7-9-11-13-15-17-18-19-20-21-22-23-24-25-27-29-31-33-35-37-43(51)48-40(39-55-47-46(54)45(53)44(52)42(38-49)56-47)41(50)36-34-32-30-28-26-16-14-12-10-8-6-4-2/h21-22,26,28,34,36,40-42,44-47,49-50,52-54H,3-20,23-25,27,29-33,35,37-39H2,1-2H3,(H,48,51)/b22-21-,28-26+,36-34+. The number of unbranched alkanes of at least 4 members (excludes halogenated alkanes) is 24. The summed E-state index contributed by atoms with van der Waals surface area (Å²) in [5, 5.41) is 54.1. The summed E-state index contributed by atoms with van der Waals surface area (Å²) in [4.78, 5) is 12.9. The van der Waals surface area contributed by atoms with Crippen molar-refractivity contribution in [2.24, 2.45) is 0 Å². The maximum absolute atomic E-state index is 12.9. The monoisotopic (exact) mass is 794 g/mol. The van der Waals surface area contributed by atoms with Gasteiger partial charge in [0, 0.05) is 6.42 Å². The molecule has 0 spiro atoms. The van der Waals surface area contributed by atoms with Crippen molar-refractivity contribution in [2.45, 2.75) is 243 Å². The Hall–Kier alpha value is -1.59. The van der Waals surface area contributed by atoms with Crippen molar-refractivity contribution in [3.05, 3.63) is 36.5 Å². The highest BCUT2D eigenvalue weighted by Crippen LogP contribution is 2.22. The minimum Gasteiger partial charge on any atom is -0.394 e. The Kier molecular flexibility index (Phi) is 35.3. The van der Waals surface area contributed by atoms with Crippen LogP contribution in [0.1, 0.15) is 200 Å². The number of aliphatic hydroxyl groups excluding tert-OH is 5. The highest BCUT2D eigenvalue weighted by Gasteiger charge is 2.44. The second kappa shape index (κ2) is 37.7. The number of hydrogen-bond acceptors (Lipinski definition) is 8. The fraction of sp³-hybridized carbons (Fsp3) is 0.851. The Labute approximate surface area is 342 Å². The van der Waals surface area contributed by atoms with Gasteiger partial charge in [0.25, 0.3) is 0 Å². The molecule has 0 aromatic carbocycles. The molecule has 56 heavy (non-hydrogen) atoms. The third kappa shape index (κ3) is 27.9. The van der Waals surface area contributed by atoms with E-state index in [-0.39, 0.29) is 12.5 Å². The lowest BCUT2D eigenvalue weighted by molar-refractivity contribution is -0.302. The smallest absolute Gasteiger partial charge is 0.220 e. The molecule has 0 aliphatic carbocycles. The predicted octanol–water partition coefficient (Wildman–Crippen LogP) is 9.67. The lowest BCUT2D eigenvalue weighted by Crippen LogP contribution is -2.60. The van der Waals surface area contributed by atoms with Crippen LogP contribution in [0.25, 0.3) is 0 Å². The minimum absolute atomic E-state index is 0.193. The van der Waals surface area contributed by atoms with Crippen LogP contribution in [-0.4, -0.2) is 87.5 Å². The van der Waals surface area contributed by atoms with E-state index < -0.39 is 49.5 Å². The third-order valence-electron chi connectivity index (χ3n) is 10.9. The number of carbonyl (C=O) groups is 1. The van der Waals surface area contributed by atoms with E-state index in [0.717, 1.165) is 51.4 Å². The molecule has 0 aromatic heterocycles. The average Bonchev–Trinajstić information content (AvgIpc) is 3.20. The number of amides is 1. The van der Waals surface area contributed by atoms with Gasteiger partial charge in [0.1, 0.15) is 24.4 Å². The molecule has 0 radical (unpaired) electrons. The summed E-state index contributed by atoms with van der Waals surface area (Å²) in [6.45, 7) is 3.73. The van der Waals surface area contributed by atoms with Crippen molar-refractivity contribution in [1.29, 1.82) is 0 Å². The van der Waals surface area contributed by atoms with Crippen molar-refractivity contribution in [3.8, 4) is 0 Å². The molecule has 0 aromatic rings. The molecule has 0 saturated carbocycles. The van der Waals surface area contributed by atoms with Crippen molar-refractivity contribution in [1.82, 2.24) is 5.32 Å². The second-order valence-corrected chi connectivity index (χ2v) is 16.2. The van der Waals surface area contributed by atoms with Gasteiger partial charge >= 0.3 is 0 Å². The van der Waals surface area contributed by atoms with Gasteiger partial charge in [-0.1, -0.05) is 172 Å². The van der Waals surface area contributed by atoms with Gasteiger partial charge in [-0.25, -0.2) is 0 Å². The van der Waals surface area contributed by atoms with Crippen LogP contribution in [-0.2, 0) is 14.3 Å². The van der Waals surface area contributed by atoms with Crippen molar-refractivity contribution in [2.75, 3.05) is 13.2 Å². The first-order valence-corrected chi connectivity index (χ1v) is 23.2. The van der Waals surface area contributed by atoms with Gasteiger partial charge in [-0.3, -0.25) is 4.79 Å². The van der Waals surface area contributed by atoms with Crippen molar-refractivity contribution >= 4 is 5.91 Å². The van der Waals surface area contributed by atoms with E-state index in [4.69, 9.17) is 9.47 Å². The Morgan fingerprint density at radius 1 is 0.589 bits per heavy atom. The van der Waals surface area contributed by atoms with E-state index >= 15 is 0 Å². The number of nitrogens with one attached hydrogen (secondary N) is 1. The zero-order valence-corrected chi connectivity index (χ0v) is 35.9. The fourth-order valence-electron chi connectivity index (χ4n) is 7.17. The molecule has 7 atom stereocenters. The minimum atomic E-state index is -1.57. The number of carbonyl (C=O) groups excluding carboxylic acids is 1. The number of rotatable bonds is 38. The van der Waals surface area contributed by atoms with Gasteiger partial charge < -0.3 is 40.3 Å². The molecule has 1 heterocycles. The van der Waals surface area contributed by atoms with Crippen LogP contribution in [0.2, 0.25) is 0 Å². The van der Waals surface area contributed by atoms with Crippen LogP contribution in [0.15, 0.2) is 36.5 Å². The van der Waals surface area contributed by atoms with Gasteiger partial charge in [0.05, 0.1) is 25.4 Å². The van der Waals surface area contributed by atoms with Crippen LogP contribution in [0.4, 0.5) is 0 Å². The molecule has 1 aliphatic rings. The van der Waals surface area contributed by atoms with Crippen molar-refractivity contribution < 1.29 is 39.8 Å². The normalized spacial score (nSPS) is 21.4. The SMILES string of the molecule is CCCCCCCC/C=C/CC/C=C/C(O)C(COC1OC(CO)C(O)C(O)C1O)NC(=O)CCCCCCCCC/C=C\CCCCCCCCCCCC. The average molecular weight is 794 g/mol. The Morgan fingerprint density at radius 3 is 1.50 bits per heavy atom. The molecular weight excluding hydrogens is 707 g/mol. The zero-order chi connectivity index (χ0) is 40.9. The summed E-state index contributed by atoms with van der Waals surface area (Å²) in [5.41, 5.74) is 0. The summed E-state index contributed by atoms with van der Waals surface area (Å²) in [7, 11) is 0. The Balaban J connectivity index is 2.32. The third-order valence-corrected chi connectivity index (χ3v) is 10.9. The van der Waals surface area contributed by atoms with E-state index in [2.05, 4.69) is 43.5 Å². The topological polar surface area (TPSA) is 149 Å². The molecule has 328 valence electrons. The van der Waals surface area contributed by atoms with Crippen LogP contribution < -0.4 is 5.32 Å². The van der Waals surface area contributed by atoms with Gasteiger partial charge in [-0.2, -0.15) is 0 Å². The van der Waals surface area contributed by atoms with E-state index in [0.29, 0.717) is 6.42 Å². The number of ether oxygens (including phenoxy) is 2. The molecular formula is C47H87NO8. The van der Waals surface area contributed by atoms with E-state index in [9.17, 15) is 30.3 Å². The molecule has 6 N–H and O–H groups in total. The lowest BCUT2D eigenvalue weighted by atomic mass is 9.99. The Morgan fingerprint density at radius 2 is 1.02 bits per heavy atom. The van der Waals surface area contributed by atoms with Gasteiger partial charge in [0.15, 0.2) is 6.29 Å². The lowest BCUT2D eigenvalue weighted by Gasteiger charge is -2.40. The zero-order valence-electron chi connectivity index (χ0n) is 35.9. The molecule has 1 fully saturated rings. The first-order valence-electron chi connectivity index (χ1n) is 23.2. The predicted molar refractivity (Wildman–Crippen MR) is 230 cm³/mol. The van der Waals surface area contributed by atoms with Crippen LogP contribution >= 0.6 is 0 Å².